The van der Waals surface area contributed by atoms with Gasteiger partial charge in [0.25, 0.3) is 0 Å². The van der Waals surface area contributed by atoms with Gasteiger partial charge in [-0.15, -0.1) is 0 Å². The molecule has 3 atom stereocenters. The van der Waals surface area contributed by atoms with E-state index >= 15 is 0 Å². The predicted octanol–water partition coefficient (Wildman–Crippen LogP) is 1.65. The molecule has 2 amide bonds. The van der Waals surface area contributed by atoms with Crippen LogP contribution < -0.4 is 5.32 Å². The van der Waals surface area contributed by atoms with Crippen molar-refractivity contribution in [2.45, 2.75) is 47.6 Å². The van der Waals surface area contributed by atoms with Crippen molar-refractivity contribution in [3.63, 3.8) is 0 Å². The monoisotopic (exact) mass is 266 g/mol. The SMILES string of the molecule is CC(C)C(=O)NCC(=O)N1C[C@@]2(C)C([C@H]1C)C2(C)C. The largest absolute Gasteiger partial charge is 0.347 e. The molecule has 1 saturated carbocycles. The number of nitrogens with one attached hydrogen (secondary N) is 1. The number of likely N-dealkylation sites (tertiary alicyclic amines) is 1. The van der Waals surface area contributed by atoms with Gasteiger partial charge in [0.15, 0.2) is 0 Å². The van der Waals surface area contributed by atoms with Gasteiger partial charge in [0.05, 0.1) is 6.54 Å². The van der Waals surface area contributed by atoms with E-state index in [4.69, 9.17) is 0 Å². The second-order valence-corrected chi connectivity index (χ2v) is 7.25. The molecule has 4 nitrogen and oxygen atoms in total. The Kier molecular flexibility index (Phi) is 3.19. The van der Waals surface area contributed by atoms with E-state index in [2.05, 4.69) is 33.0 Å². The number of carbonyl (C=O) groups is 2. The lowest BCUT2D eigenvalue weighted by Crippen LogP contribution is -2.45. The average Bonchev–Trinajstić information content (AvgIpc) is 2.59. The maximum absolute atomic E-state index is 12.2. The molecule has 0 bridgehead atoms. The maximum Gasteiger partial charge on any atom is 0.242 e. The zero-order valence-electron chi connectivity index (χ0n) is 12.9. The molecule has 0 radical (unpaired) electrons. The molecule has 1 heterocycles. The highest BCUT2D eigenvalue weighted by Gasteiger charge is 2.74. The summed E-state index contributed by atoms with van der Waals surface area (Å²) in [6, 6.07) is 0.281. The number of hydrogen-bond donors (Lipinski definition) is 1. The fraction of sp³-hybridized carbons (Fsp3) is 0.867. The van der Waals surface area contributed by atoms with E-state index in [0.717, 1.165) is 6.54 Å². The molecule has 1 unspecified atom stereocenters. The van der Waals surface area contributed by atoms with Gasteiger partial charge in [0.2, 0.25) is 11.8 Å². The Morgan fingerprint density at radius 1 is 1.32 bits per heavy atom. The Balaban J connectivity index is 1.92. The topological polar surface area (TPSA) is 49.4 Å². The first-order chi connectivity index (χ1) is 8.63. The van der Waals surface area contributed by atoms with Gasteiger partial charge in [-0.2, -0.15) is 0 Å². The lowest BCUT2D eigenvalue weighted by atomic mass is 9.97. The lowest BCUT2D eigenvalue weighted by molar-refractivity contribution is -0.135. The minimum absolute atomic E-state index is 0.0470. The Hall–Kier alpha value is -1.06. The Bertz CT molecular complexity index is 416. The molecule has 0 aromatic heterocycles. The smallest absolute Gasteiger partial charge is 0.242 e. The third kappa shape index (κ3) is 1.96. The summed E-state index contributed by atoms with van der Waals surface area (Å²) in [5.41, 5.74) is 0.592. The van der Waals surface area contributed by atoms with E-state index in [1.807, 2.05) is 18.7 Å². The van der Waals surface area contributed by atoms with Crippen LogP contribution in [0.25, 0.3) is 0 Å². The molecule has 1 aliphatic heterocycles. The van der Waals surface area contributed by atoms with Gasteiger partial charge in [-0.05, 0) is 23.7 Å². The highest BCUT2D eigenvalue weighted by atomic mass is 16.2. The molecular weight excluding hydrogens is 240 g/mol. The van der Waals surface area contributed by atoms with Crippen molar-refractivity contribution in [2.75, 3.05) is 13.1 Å². The lowest BCUT2D eigenvalue weighted by Gasteiger charge is -2.30. The summed E-state index contributed by atoms with van der Waals surface area (Å²) < 4.78 is 0. The highest BCUT2D eigenvalue weighted by molar-refractivity contribution is 5.86. The van der Waals surface area contributed by atoms with Crippen LogP contribution >= 0.6 is 0 Å². The summed E-state index contributed by atoms with van der Waals surface area (Å²) in [5, 5.41) is 2.71. The van der Waals surface area contributed by atoms with Crippen molar-refractivity contribution in [1.82, 2.24) is 10.2 Å². The van der Waals surface area contributed by atoms with E-state index < -0.39 is 0 Å². The summed E-state index contributed by atoms with van der Waals surface area (Å²) >= 11 is 0. The van der Waals surface area contributed by atoms with Crippen molar-refractivity contribution in [1.29, 1.82) is 0 Å². The Labute approximate surface area is 115 Å². The number of fused-ring (bicyclic) bond motifs is 1. The predicted molar refractivity (Wildman–Crippen MR) is 74.4 cm³/mol. The van der Waals surface area contributed by atoms with Crippen molar-refractivity contribution in [3.05, 3.63) is 0 Å². The zero-order chi connectivity index (χ0) is 14.6. The second kappa shape index (κ2) is 4.22. The molecular formula is C15H26N2O2. The summed E-state index contributed by atoms with van der Waals surface area (Å²) in [6.07, 6.45) is 0. The van der Waals surface area contributed by atoms with Crippen LogP contribution in [0.15, 0.2) is 0 Å². The molecule has 2 aliphatic rings. The van der Waals surface area contributed by atoms with Crippen LogP contribution in [0, 0.1) is 22.7 Å². The molecule has 19 heavy (non-hydrogen) atoms. The van der Waals surface area contributed by atoms with E-state index in [0.29, 0.717) is 11.3 Å². The molecule has 0 spiro atoms. The number of rotatable bonds is 3. The Morgan fingerprint density at radius 3 is 2.32 bits per heavy atom. The first-order valence-corrected chi connectivity index (χ1v) is 7.20. The van der Waals surface area contributed by atoms with Crippen LogP contribution in [0.4, 0.5) is 0 Å². The van der Waals surface area contributed by atoms with Crippen LogP contribution in [0.1, 0.15) is 41.5 Å². The molecule has 1 N–H and O–H groups in total. The maximum atomic E-state index is 12.2. The molecule has 2 rings (SSSR count). The third-order valence-corrected chi connectivity index (χ3v) is 5.58. The van der Waals surface area contributed by atoms with E-state index in [9.17, 15) is 9.59 Å². The van der Waals surface area contributed by atoms with Crippen molar-refractivity contribution in [3.8, 4) is 0 Å². The van der Waals surface area contributed by atoms with Crippen LogP contribution in [0.5, 0.6) is 0 Å². The first kappa shape index (κ1) is 14.4. The zero-order valence-corrected chi connectivity index (χ0v) is 12.9. The molecule has 108 valence electrons. The molecule has 4 heteroatoms. The van der Waals surface area contributed by atoms with Gasteiger partial charge < -0.3 is 10.2 Å². The molecule has 1 saturated heterocycles. The number of amides is 2. The van der Waals surface area contributed by atoms with Gasteiger partial charge >= 0.3 is 0 Å². The number of piperidine rings is 1. The minimum Gasteiger partial charge on any atom is -0.347 e. The van der Waals surface area contributed by atoms with E-state index in [-0.39, 0.29) is 35.7 Å². The number of hydrogen-bond acceptors (Lipinski definition) is 2. The van der Waals surface area contributed by atoms with E-state index in [1.54, 1.807) is 0 Å². The van der Waals surface area contributed by atoms with Crippen molar-refractivity contribution >= 4 is 11.8 Å². The fourth-order valence-corrected chi connectivity index (χ4v) is 4.02. The number of nitrogens with zero attached hydrogens (tertiary/aromatic N) is 1. The third-order valence-electron chi connectivity index (χ3n) is 5.58. The highest BCUT2D eigenvalue weighted by Crippen LogP contribution is 2.74. The van der Waals surface area contributed by atoms with E-state index in [1.165, 1.54) is 0 Å². The summed E-state index contributed by atoms with van der Waals surface area (Å²) in [4.78, 5) is 25.7. The van der Waals surface area contributed by atoms with Gasteiger partial charge in [0, 0.05) is 18.5 Å². The summed E-state index contributed by atoms with van der Waals surface area (Å²) in [7, 11) is 0. The van der Waals surface area contributed by atoms with Crippen LogP contribution in [0.2, 0.25) is 0 Å². The summed E-state index contributed by atoms with van der Waals surface area (Å²) in [5.74, 6) is 0.501. The van der Waals surface area contributed by atoms with Gasteiger partial charge in [-0.3, -0.25) is 9.59 Å². The second-order valence-electron chi connectivity index (χ2n) is 7.25. The molecule has 0 aromatic rings. The van der Waals surface area contributed by atoms with Crippen molar-refractivity contribution < 1.29 is 9.59 Å². The van der Waals surface area contributed by atoms with Crippen LogP contribution in [-0.2, 0) is 9.59 Å². The van der Waals surface area contributed by atoms with Crippen LogP contribution in [-0.4, -0.2) is 35.8 Å². The van der Waals surface area contributed by atoms with Gasteiger partial charge in [-0.25, -0.2) is 0 Å². The standard InChI is InChI=1S/C15H26N2O2/c1-9(2)13(19)16-7-11(18)17-8-15(6)12(10(17)3)14(15,4)5/h9-10,12H,7-8H2,1-6H3,(H,16,19)/t10-,12?,15+/m1/s1. The average molecular weight is 266 g/mol. The molecule has 1 aliphatic carbocycles. The Morgan fingerprint density at radius 2 is 1.89 bits per heavy atom. The van der Waals surface area contributed by atoms with Gasteiger partial charge in [0.1, 0.15) is 0 Å². The normalized spacial score (nSPS) is 35.2. The first-order valence-electron chi connectivity index (χ1n) is 7.20. The fourth-order valence-electron chi connectivity index (χ4n) is 4.02. The molecule has 2 fully saturated rings. The number of carbonyl (C=O) groups excluding carboxylic acids is 2. The minimum atomic E-state index is -0.0753. The van der Waals surface area contributed by atoms with Crippen LogP contribution in [0.3, 0.4) is 0 Å². The van der Waals surface area contributed by atoms with Gasteiger partial charge in [-0.1, -0.05) is 34.6 Å². The quantitative estimate of drug-likeness (QED) is 0.844. The summed E-state index contributed by atoms with van der Waals surface area (Å²) in [6.45, 7) is 13.6. The molecule has 0 aromatic carbocycles. The van der Waals surface area contributed by atoms with Crippen molar-refractivity contribution in [2.24, 2.45) is 22.7 Å².